The molecule has 1 saturated heterocycles. The van der Waals surface area contributed by atoms with Crippen LogP contribution in [0.5, 0.6) is 0 Å². The van der Waals surface area contributed by atoms with Crippen molar-refractivity contribution in [2.24, 2.45) is 0 Å². The second-order valence-corrected chi connectivity index (χ2v) is 7.98. The highest BCUT2D eigenvalue weighted by molar-refractivity contribution is 7.18. The Labute approximate surface area is 157 Å². The van der Waals surface area contributed by atoms with Crippen LogP contribution >= 0.6 is 11.3 Å². The van der Waals surface area contributed by atoms with Gasteiger partial charge in [-0.25, -0.2) is 4.98 Å². The molecule has 0 unspecified atom stereocenters. The maximum absolute atomic E-state index is 12.5. The smallest absolute Gasteiger partial charge is 0.238 e. The molecule has 0 saturated carbocycles. The highest BCUT2D eigenvalue weighted by atomic mass is 32.1. The van der Waals surface area contributed by atoms with Crippen LogP contribution in [0.25, 0.3) is 10.2 Å². The van der Waals surface area contributed by atoms with Gasteiger partial charge in [-0.3, -0.25) is 9.69 Å². The third-order valence-electron chi connectivity index (χ3n) is 4.89. The number of carbonyl (C=O) groups excluding carboxylic acids is 1. The Hall–Kier alpha value is -2.24. The van der Waals surface area contributed by atoms with E-state index in [4.69, 9.17) is 4.98 Å². The van der Waals surface area contributed by atoms with Crippen LogP contribution in [-0.4, -0.2) is 28.9 Å². The molecule has 5 heteroatoms. The summed E-state index contributed by atoms with van der Waals surface area (Å²) >= 11 is 1.76. The van der Waals surface area contributed by atoms with Crippen LogP contribution in [0.15, 0.2) is 48.5 Å². The van der Waals surface area contributed by atoms with Crippen LogP contribution in [0.2, 0.25) is 0 Å². The number of amides is 1. The van der Waals surface area contributed by atoms with Crippen LogP contribution in [-0.2, 0) is 4.79 Å². The van der Waals surface area contributed by atoms with Gasteiger partial charge in [0, 0.05) is 5.69 Å². The lowest BCUT2D eigenvalue weighted by Crippen LogP contribution is -2.39. The number of hydrogen-bond acceptors (Lipinski definition) is 4. The Kier molecular flexibility index (Phi) is 5.00. The van der Waals surface area contributed by atoms with Gasteiger partial charge in [-0.2, -0.15) is 0 Å². The standard InChI is InChI=1S/C21H23N3OS/c1-15-9-11-16(12-10-15)22-20(25)14-24-13-5-4-7-18(24)21-23-17-6-2-3-8-19(17)26-21/h2-3,6,8-12,18H,4-5,7,13-14H2,1H3,(H,22,25)/t18-/m1/s1. The van der Waals surface area contributed by atoms with Gasteiger partial charge in [0.2, 0.25) is 5.91 Å². The number of aryl methyl sites for hydroxylation is 1. The Morgan fingerprint density at radius 3 is 2.81 bits per heavy atom. The number of thiazole rings is 1. The first-order chi connectivity index (χ1) is 12.7. The molecule has 1 fully saturated rings. The predicted octanol–water partition coefficient (Wildman–Crippen LogP) is 4.77. The number of hydrogen-bond donors (Lipinski definition) is 1. The molecule has 1 aromatic heterocycles. The van der Waals surface area contributed by atoms with Crippen molar-refractivity contribution in [3.05, 3.63) is 59.1 Å². The SMILES string of the molecule is Cc1ccc(NC(=O)CN2CCCC[C@@H]2c2nc3ccccc3s2)cc1. The molecule has 1 atom stereocenters. The molecule has 4 nitrogen and oxygen atoms in total. The largest absolute Gasteiger partial charge is 0.325 e. The van der Waals surface area contributed by atoms with Gasteiger partial charge in [0.15, 0.2) is 0 Å². The zero-order valence-electron chi connectivity index (χ0n) is 14.9. The lowest BCUT2D eigenvalue weighted by Gasteiger charge is -2.33. The number of piperidine rings is 1. The summed E-state index contributed by atoms with van der Waals surface area (Å²) < 4.78 is 1.22. The van der Waals surface area contributed by atoms with Crippen LogP contribution in [0, 0.1) is 6.92 Å². The van der Waals surface area contributed by atoms with Gasteiger partial charge in [0.1, 0.15) is 5.01 Å². The third-order valence-corrected chi connectivity index (χ3v) is 6.03. The van der Waals surface area contributed by atoms with Crippen molar-refractivity contribution in [2.75, 3.05) is 18.4 Å². The van der Waals surface area contributed by atoms with Crippen LogP contribution in [0.4, 0.5) is 5.69 Å². The topological polar surface area (TPSA) is 45.2 Å². The van der Waals surface area contributed by atoms with Crippen LogP contribution in [0.1, 0.15) is 35.9 Å². The molecule has 1 amide bonds. The van der Waals surface area contributed by atoms with Crippen LogP contribution in [0.3, 0.4) is 0 Å². The zero-order chi connectivity index (χ0) is 17.9. The van der Waals surface area contributed by atoms with E-state index in [0.29, 0.717) is 6.54 Å². The van der Waals surface area contributed by atoms with Crippen molar-refractivity contribution < 1.29 is 4.79 Å². The number of likely N-dealkylation sites (tertiary alicyclic amines) is 1. The molecule has 1 aliphatic rings. The summed E-state index contributed by atoms with van der Waals surface area (Å²) in [6.45, 7) is 3.40. The van der Waals surface area contributed by atoms with E-state index in [-0.39, 0.29) is 11.9 Å². The van der Waals surface area contributed by atoms with Crippen molar-refractivity contribution in [1.82, 2.24) is 9.88 Å². The first-order valence-electron chi connectivity index (χ1n) is 9.15. The average Bonchev–Trinajstić information content (AvgIpc) is 3.08. The van der Waals surface area contributed by atoms with Gasteiger partial charge >= 0.3 is 0 Å². The molecule has 0 spiro atoms. The van der Waals surface area contributed by atoms with Crippen molar-refractivity contribution >= 4 is 33.1 Å². The van der Waals surface area contributed by atoms with Crippen molar-refractivity contribution in [2.45, 2.75) is 32.2 Å². The normalized spacial score (nSPS) is 18.1. The van der Waals surface area contributed by atoms with Gasteiger partial charge in [0.25, 0.3) is 0 Å². The molecule has 3 aromatic rings. The summed E-state index contributed by atoms with van der Waals surface area (Å²) in [5.74, 6) is 0.0434. The van der Waals surface area contributed by atoms with Crippen molar-refractivity contribution in [3.63, 3.8) is 0 Å². The van der Waals surface area contributed by atoms with Gasteiger partial charge in [-0.1, -0.05) is 36.2 Å². The summed E-state index contributed by atoms with van der Waals surface area (Å²) in [6, 6.07) is 16.4. The van der Waals surface area contributed by atoms with Gasteiger partial charge in [-0.05, 0) is 50.6 Å². The number of para-hydroxylation sites is 1. The molecule has 2 heterocycles. The maximum atomic E-state index is 12.5. The summed E-state index contributed by atoms with van der Waals surface area (Å²) in [5.41, 5.74) is 3.10. The minimum atomic E-state index is 0.0434. The Morgan fingerprint density at radius 1 is 1.19 bits per heavy atom. The fraction of sp³-hybridized carbons (Fsp3) is 0.333. The summed E-state index contributed by atoms with van der Waals surface area (Å²) in [7, 11) is 0. The van der Waals surface area contributed by atoms with Gasteiger partial charge in [0.05, 0.1) is 22.8 Å². The first kappa shape index (κ1) is 17.2. The number of anilines is 1. The highest BCUT2D eigenvalue weighted by Gasteiger charge is 2.28. The summed E-state index contributed by atoms with van der Waals surface area (Å²) in [4.78, 5) is 19.7. The number of rotatable bonds is 4. The molecule has 0 bridgehead atoms. The van der Waals surface area contributed by atoms with Gasteiger partial charge in [-0.15, -0.1) is 11.3 Å². The number of fused-ring (bicyclic) bond motifs is 1. The second-order valence-electron chi connectivity index (χ2n) is 6.92. The summed E-state index contributed by atoms with van der Waals surface area (Å²) in [5, 5.41) is 4.15. The number of nitrogens with zero attached hydrogens (tertiary/aromatic N) is 2. The lowest BCUT2D eigenvalue weighted by atomic mass is 10.0. The fourth-order valence-corrected chi connectivity index (χ4v) is 4.65. The molecule has 1 aliphatic heterocycles. The Morgan fingerprint density at radius 2 is 2.00 bits per heavy atom. The van der Waals surface area contributed by atoms with E-state index in [1.807, 2.05) is 37.3 Å². The van der Waals surface area contributed by atoms with E-state index in [2.05, 4.69) is 28.4 Å². The second kappa shape index (κ2) is 7.56. The zero-order valence-corrected chi connectivity index (χ0v) is 15.8. The van der Waals surface area contributed by atoms with E-state index in [0.717, 1.165) is 35.6 Å². The van der Waals surface area contributed by atoms with E-state index in [9.17, 15) is 4.79 Å². The van der Waals surface area contributed by atoms with Crippen LogP contribution < -0.4 is 5.32 Å². The number of benzene rings is 2. The third kappa shape index (κ3) is 3.79. The van der Waals surface area contributed by atoms with E-state index >= 15 is 0 Å². The quantitative estimate of drug-likeness (QED) is 0.724. The minimum Gasteiger partial charge on any atom is -0.325 e. The molecule has 0 radical (unpaired) electrons. The number of carbonyl (C=O) groups is 1. The van der Waals surface area contributed by atoms with Gasteiger partial charge < -0.3 is 5.32 Å². The highest BCUT2D eigenvalue weighted by Crippen LogP contribution is 2.35. The van der Waals surface area contributed by atoms with Crippen molar-refractivity contribution in [3.8, 4) is 0 Å². The molecule has 2 aromatic carbocycles. The maximum Gasteiger partial charge on any atom is 0.238 e. The molecule has 4 rings (SSSR count). The molecule has 0 aliphatic carbocycles. The molecule has 1 N–H and O–H groups in total. The van der Waals surface area contributed by atoms with E-state index in [1.54, 1.807) is 11.3 Å². The monoisotopic (exact) mass is 365 g/mol. The minimum absolute atomic E-state index is 0.0434. The Bertz CT molecular complexity index is 870. The molecule has 134 valence electrons. The first-order valence-corrected chi connectivity index (χ1v) is 9.97. The average molecular weight is 366 g/mol. The Balaban J connectivity index is 1.48. The molecular weight excluding hydrogens is 342 g/mol. The fourth-order valence-electron chi connectivity index (χ4n) is 3.51. The lowest BCUT2D eigenvalue weighted by molar-refractivity contribution is -0.118. The van der Waals surface area contributed by atoms with Crippen molar-refractivity contribution in [1.29, 1.82) is 0 Å². The summed E-state index contributed by atoms with van der Waals surface area (Å²) in [6.07, 6.45) is 3.40. The molecular formula is C21H23N3OS. The van der Waals surface area contributed by atoms with E-state index in [1.165, 1.54) is 16.7 Å². The predicted molar refractivity (Wildman–Crippen MR) is 108 cm³/mol. The van der Waals surface area contributed by atoms with E-state index < -0.39 is 0 Å². The molecule has 26 heavy (non-hydrogen) atoms. The number of aromatic nitrogens is 1. The number of nitrogens with one attached hydrogen (secondary N) is 1.